The van der Waals surface area contributed by atoms with E-state index in [1.165, 1.54) is 0 Å². The van der Waals surface area contributed by atoms with Gasteiger partial charge in [-0.05, 0) is 39.1 Å². The van der Waals surface area contributed by atoms with E-state index in [4.69, 9.17) is 21.7 Å². The molecule has 1 atom stereocenters. The van der Waals surface area contributed by atoms with Crippen LogP contribution in [0.5, 0.6) is 11.5 Å². The zero-order valence-corrected chi connectivity index (χ0v) is 13.8. The molecule has 2 aliphatic heterocycles. The van der Waals surface area contributed by atoms with Crippen molar-refractivity contribution >= 4 is 23.2 Å². The first-order chi connectivity index (χ1) is 10.4. The van der Waals surface area contributed by atoms with Crippen LogP contribution in [0.3, 0.4) is 0 Å². The lowest BCUT2D eigenvalue weighted by Crippen LogP contribution is -2.34. The van der Waals surface area contributed by atoms with Gasteiger partial charge in [0.05, 0.1) is 6.54 Å². The van der Waals surface area contributed by atoms with Gasteiger partial charge < -0.3 is 14.8 Å². The molecule has 0 saturated carbocycles. The summed E-state index contributed by atoms with van der Waals surface area (Å²) in [4.78, 5) is 13.5. The van der Waals surface area contributed by atoms with E-state index in [1.54, 1.807) is 11.8 Å². The summed E-state index contributed by atoms with van der Waals surface area (Å²) >= 11 is 5.15. The maximum Gasteiger partial charge on any atom is 0.251 e. The Balaban J connectivity index is 1.63. The Bertz CT molecular complexity index is 630. The van der Waals surface area contributed by atoms with Crippen LogP contribution in [-0.4, -0.2) is 40.7 Å². The van der Waals surface area contributed by atoms with Crippen LogP contribution >= 0.6 is 12.2 Å². The van der Waals surface area contributed by atoms with Crippen LogP contribution in [0.15, 0.2) is 18.2 Å². The first kappa shape index (κ1) is 15.1. The average molecular weight is 320 g/mol. The van der Waals surface area contributed by atoms with Crippen LogP contribution in [0.1, 0.15) is 26.3 Å². The molecule has 1 fully saturated rings. The molecular formula is C16H20N2O3S. The quantitative estimate of drug-likeness (QED) is 0.859. The first-order valence-electron chi connectivity index (χ1n) is 7.43. The number of carbonyl (C=O) groups is 1. The first-order valence-corrected chi connectivity index (χ1v) is 7.84. The van der Waals surface area contributed by atoms with Gasteiger partial charge in [0.15, 0.2) is 16.6 Å². The van der Waals surface area contributed by atoms with E-state index in [-0.39, 0.29) is 17.6 Å². The molecule has 0 aliphatic carbocycles. The Morgan fingerprint density at radius 3 is 2.95 bits per heavy atom. The van der Waals surface area contributed by atoms with Crippen molar-refractivity contribution in [1.82, 2.24) is 10.2 Å². The molecule has 22 heavy (non-hydrogen) atoms. The maximum atomic E-state index is 11.9. The molecule has 0 unspecified atom stereocenters. The molecule has 1 saturated heterocycles. The number of thiocarbonyl (C=S) groups is 1. The zero-order valence-electron chi connectivity index (χ0n) is 13.0. The van der Waals surface area contributed by atoms with Gasteiger partial charge in [0.2, 0.25) is 0 Å². The van der Waals surface area contributed by atoms with Crippen LogP contribution < -0.4 is 14.8 Å². The van der Waals surface area contributed by atoms with Gasteiger partial charge in [0, 0.05) is 12.0 Å². The number of nitrogens with zero attached hydrogens (tertiary/aromatic N) is 1. The number of amides is 1. The van der Waals surface area contributed by atoms with Crippen LogP contribution in [-0.2, 0) is 11.2 Å². The van der Waals surface area contributed by atoms with Crippen molar-refractivity contribution in [3.63, 3.8) is 0 Å². The Hall–Kier alpha value is -1.82. The number of carbonyl (C=O) groups excluding carboxylic acids is 1. The smallest absolute Gasteiger partial charge is 0.251 e. The number of hydrogen-bond donors (Lipinski definition) is 1. The van der Waals surface area contributed by atoms with Gasteiger partial charge in [-0.3, -0.25) is 9.69 Å². The summed E-state index contributed by atoms with van der Waals surface area (Å²) in [7, 11) is 0. The monoisotopic (exact) mass is 320 g/mol. The van der Waals surface area contributed by atoms with Gasteiger partial charge in [0.1, 0.15) is 18.2 Å². The van der Waals surface area contributed by atoms with Crippen LogP contribution in [0.25, 0.3) is 0 Å². The lowest BCUT2D eigenvalue weighted by Gasteiger charge is -2.19. The van der Waals surface area contributed by atoms with Gasteiger partial charge >= 0.3 is 0 Å². The molecule has 1 N–H and O–H groups in total. The van der Waals surface area contributed by atoms with E-state index in [1.807, 2.05) is 12.1 Å². The molecule has 1 aromatic carbocycles. The van der Waals surface area contributed by atoms with Crippen molar-refractivity contribution < 1.29 is 14.3 Å². The summed E-state index contributed by atoms with van der Waals surface area (Å²) in [6.07, 6.45) is 0.871. The molecule has 118 valence electrons. The van der Waals surface area contributed by atoms with Crippen molar-refractivity contribution in [3.05, 3.63) is 23.8 Å². The summed E-state index contributed by atoms with van der Waals surface area (Å²) in [5.41, 5.74) is 0.957. The second-order valence-corrected chi connectivity index (χ2v) is 6.68. The van der Waals surface area contributed by atoms with E-state index in [0.29, 0.717) is 18.3 Å². The maximum absolute atomic E-state index is 11.9. The molecule has 0 aromatic heterocycles. The Morgan fingerprint density at radius 2 is 2.27 bits per heavy atom. The van der Waals surface area contributed by atoms with E-state index in [2.05, 4.69) is 25.2 Å². The summed E-state index contributed by atoms with van der Waals surface area (Å²) in [6.45, 7) is 6.73. The molecule has 5 nitrogen and oxygen atoms in total. The van der Waals surface area contributed by atoms with Crippen molar-refractivity contribution in [1.29, 1.82) is 0 Å². The molecule has 3 rings (SSSR count). The third-order valence-electron chi connectivity index (χ3n) is 3.85. The zero-order chi connectivity index (χ0) is 15.9. The van der Waals surface area contributed by atoms with E-state index in [0.717, 1.165) is 23.5 Å². The largest absolute Gasteiger partial charge is 0.488 e. The number of para-hydroxylation sites is 1. The average Bonchev–Trinajstić information content (AvgIpc) is 2.88. The number of nitrogens with one attached hydrogen (secondary N) is 1. The number of rotatable bonds is 4. The van der Waals surface area contributed by atoms with Crippen LogP contribution in [0.4, 0.5) is 0 Å². The molecule has 2 aliphatic rings. The Kier molecular flexibility index (Phi) is 3.72. The van der Waals surface area contributed by atoms with Crippen LogP contribution in [0, 0.1) is 0 Å². The summed E-state index contributed by atoms with van der Waals surface area (Å²) in [5.74, 6) is 1.53. The van der Waals surface area contributed by atoms with Gasteiger partial charge in [0.25, 0.3) is 5.91 Å². The van der Waals surface area contributed by atoms with Gasteiger partial charge in [-0.25, -0.2) is 0 Å². The number of benzene rings is 1. The standard InChI is InChI=1S/C16H20N2O3S/c1-10-14(19)18(15(22)17-10)7-8-20-12-6-4-5-11-9-16(2,3)21-13(11)12/h4-6,10H,7-9H2,1-3H3,(H,17,22)/t10-/m0/s1. The third-order valence-corrected chi connectivity index (χ3v) is 4.19. The van der Waals surface area contributed by atoms with Crippen LogP contribution in [0.2, 0.25) is 0 Å². The number of fused-ring (bicyclic) bond motifs is 1. The van der Waals surface area contributed by atoms with E-state index >= 15 is 0 Å². The fourth-order valence-corrected chi connectivity index (χ4v) is 3.18. The molecular weight excluding hydrogens is 300 g/mol. The molecule has 1 aromatic rings. The summed E-state index contributed by atoms with van der Waals surface area (Å²) < 4.78 is 11.8. The molecule has 6 heteroatoms. The predicted molar refractivity (Wildman–Crippen MR) is 87.3 cm³/mol. The topological polar surface area (TPSA) is 50.8 Å². The fourth-order valence-electron chi connectivity index (χ4n) is 2.82. The molecule has 2 heterocycles. The second-order valence-electron chi connectivity index (χ2n) is 6.29. The van der Waals surface area contributed by atoms with Gasteiger partial charge in [-0.2, -0.15) is 0 Å². The molecule has 0 bridgehead atoms. The third kappa shape index (κ3) is 2.75. The normalized spacial score (nSPS) is 22.3. The highest BCUT2D eigenvalue weighted by Gasteiger charge is 2.33. The Labute approximate surface area is 135 Å². The lowest BCUT2D eigenvalue weighted by atomic mass is 10.0. The number of hydrogen-bond acceptors (Lipinski definition) is 4. The van der Waals surface area contributed by atoms with Crippen molar-refractivity contribution in [2.75, 3.05) is 13.2 Å². The SMILES string of the molecule is C[C@@H]1NC(=S)N(CCOc2cccc3c2OC(C)(C)C3)C1=O. The van der Waals surface area contributed by atoms with E-state index < -0.39 is 0 Å². The summed E-state index contributed by atoms with van der Waals surface area (Å²) in [6, 6.07) is 5.67. The van der Waals surface area contributed by atoms with Crippen molar-refractivity contribution in [2.24, 2.45) is 0 Å². The minimum absolute atomic E-state index is 0.00993. The summed E-state index contributed by atoms with van der Waals surface area (Å²) in [5, 5.41) is 3.41. The lowest BCUT2D eigenvalue weighted by molar-refractivity contribution is -0.126. The Morgan fingerprint density at radius 1 is 1.50 bits per heavy atom. The van der Waals surface area contributed by atoms with Crippen molar-refractivity contribution in [3.8, 4) is 11.5 Å². The highest BCUT2D eigenvalue weighted by molar-refractivity contribution is 7.80. The molecule has 0 radical (unpaired) electrons. The minimum Gasteiger partial charge on any atom is -0.488 e. The number of ether oxygens (including phenoxy) is 2. The van der Waals surface area contributed by atoms with Gasteiger partial charge in [-0.15, -0.1) is 0 Å². The highest BCUT2D eigenvalue weighted by Crippen LogP contribution is 2.41. The minimum atomic E-state index is -0.252. The van der Waals surface area contributed by atoms with E-state index in [9.17, 15) is 4.79 Å². The molecule has 1 amide bonds. The fraction of sp³-hybridized carbons (Fsp3) is 0.500. The highest BCUT2D eigenvalue weighted by atomic mass is 32.1. The van der Waals surface area contributed by atoms with Gasteiger partial charge in [-0.1, -0.05) is 12.1 Å². The second kappa shape index (κ2) is 5.43. The van der Waals surface area contributed by atoms with Crippen molar-refractivity contribution in [2.45, 2.75) is 38.8 Å². The predicted octanol–water partition coefficient (Wildman–Crippen LogP) is 1.88. The molecule has 0 spiro atoms.